The lowest BCUT2D eigenvalue weighted by Gasteiger charge is -2.13. The van der Waals surface area contributed by atoms with Crippen molar-refractivity contribution in [2.75, 3.05) is 0 Å². The molecule has 0 radical (unpaired) electrons. The molecule has 0 fully saturated rings. The van der Waals surface area contributed by atoms with Crippen LogP contribution in [-0.4, -0.2) is 28.7 Å². The van der Waals surface area contributed by atoms with Crippen molar-refractivity contribution in [2.45, 2.75) is 0 Å². The number of para-hydroxylation sites is 8. The molecule has 0 amide bonds. The van der Waals surface area contributed by atoms with E-state index in [0.717, 1.165) is 0 Å². The largest absolute Gasteiger partial charge is 0.355 e. The SMILES string of the molecule is c1ccc(-n2c3ccccc3c3cc(-c4ccc5c(c4)[nH]c4ccccc45)c4ccccc4c32)cc1.c1ccc(-n2c3ccccc3c3cc(-c4ccc5cc(-c6ccc7[nH]c8ccccc8c7c6)ccc5c4)c4ccccc4c32)cc1.c1ccc2cc(-n3c4ccccc4c4cc(-c5ccc6c(c5)[nH]c5ccccc56)c5ccccc5c43)ccc2c1. The Kier molecular flexibility index (Phi) is 15.6. The number of hydrogen-bond acceptors (Lipinski definition) is 0. The van der Waals surface area contributed by atoms with Crippen molar-refractivity contribution in [1.29, 1.82) is 0 Å². The highest BCUT2D eigenvalue weighted by atomic mass is 15.0. The van der Waals surface area contributed by atoms with Gasteiger partial charge in [0.15, 0.2) is 0 Å². The third-order valence-electron chi connectivity index (χ3n) is 25.7. The minimum Gasteiger partial charge on any atom is -0.355 e. The van der Waals surface area contributed by atoms with E-state index in [-0.39, 0.29) is 0 Å². The maximum atomic E-state index is 3.64. The van der Waals surface area contributed by atoms with Gasteiger partial charge in [-0.05, 0) is 210 Å². The van der Waals surface area contributed by atoms with Crippen LogP contribution in [-0.2, 0) is 0 Å². The molecule has 6 heterocycles. The van der Waals surface area contributed by atoms with Gasteiger partial charge in [0.2, 0.25) is 0 Å². The fourth-order valence-electron chi connectivity index (χ4n) is 20.1. The molecule has 0 saturated carbocycles. The van der Waals surface area contributed by atoms with Gasteiger partial charge in [0.1, 0.15) is 0 Å². The Balaban J connectivity index is 0.000000102. The van der Waals surface area contributed by atoms with Crippen LogP contribution in [0.1, 0.15) is 0 Å². The van der Waals surface area contributed by atoms with Gasteiger partial charge in [-0.25, -0.2) is 0 Å². The molecule has 6 nitrogen and oxygen atoms in total. The molecule has 0 aliphatic heterocycles. The van der Waals surface area contributed by atoms with E-state index in [1.807, 2.05) is 0 Å². The summed E-state index contributed by atoms with van der Waals surface area (Å²) in [6, 6.07) is 157. The summed E-state index contributed by atoms with van der Waals surface area (Å²) in [6.07, 6.45) is 0. The number of aromatic nitrogens is 6. The summed E-state index contributed by atoms with van der Waals surface area (Å²) in [5, 5.41) is 27.8. The standard InChI is InChI=1S/C44H28N2.C38H24N2.C34H22N2/c1-2-10-33(11-3-1)46-43-17-9-7-14-36(43)40-27-38(34-12-4-5-15-37(34)44(40)46)32-21-20-28-24-29(18-19-30(28)25-32)31-22-23-42-39(26-31)35-13-6-8-16-41(35)45-42;1-2-10-25-21-27(19-17-24(25)9-1)40-37-16-8-6-13-31(37)34-23-33(28-11-3-4-14-32(28)38(34)40)26-18-20-30-29-12-5-7-15-35(29)39-36(30)22-26;1-2-10-23(11-3-1)36-33-17-9-7-14-27(33)30-21-29(24-12-4-5-15-28(24)34(30)36)22-18-19-26-25-13-6-8-16-31(25)35-32(26)20-22/h1-27,45H;1-23,39H;1-21,35H. The van der Waals surface area contributed by atoms with E-state index in [9.17, 15) is 0 Å². The van der Waals surface area contributed by atoms with Crippen molar-refractivity contribution >= 4 is 185 Å². The van der Waals surface area contributed by atoms with Crippen LogP contribution in [0.15, 0.2) is 431 Å². The molecule has 3 N–H and O–H groups in total. The number of rotatable bonds is 7. The first-order chi connectivity index (χ1) is 60.5. The van der Waals surface area contributed by atoms with E-state index in [0.29, 0.717) is 0 Å². The van der Waals surface area contributed by atoms with Gasteiger partial charge < -0.3 is 28.7 Å². The van der Waals surface area contributed by atoms with Crippen LogP contribution in [0.4, 0.5) is 0 Å². The Hall–Kier alpha value is -16.3. The third-order valence-corrected chi connectivity index (χ3v) is 25.7. The zero-order valence-corrected chi connectivity index (χ0v) is 66.3. The molecule has 0 saturated heterocycles. The van der Waals surface area contributed by atoms with Crippen LogP contribution in [0.5, 0.6) is 0 Å². The molecule has 0 unspecified atom stereocenters. The predicted octanol–water partition coefficient (Wildman–Crippen LogP) is 31.7. The molecule has 0 aliphatic rings. The summed E-state index contributed by atoms with van der Waals surface area (Å²) in [5.74, 6) is 0. The third kappa shape index (κ3) is 11.0. The Morgan fingerprint density at radius 1 is 0.139 bits per heavy atom. The van der Waals surface area contributed by atoms with Gasteiger partial charge in [0.25, 0.3) is 0 Å². The van der Waals surface area contributed by atoms with Gasteiger partial charge in [0, 0.05) is 131 Å². The lowest BCUT2D eigenvalue weighted by atomic mass is 9.93. The summed E-state index contributed by atoms with van der Waals surface area (Å²) in [4.78, 5) is 10.8. The minimum atomic E-state index is 1.17. The molecule has 0 atom stereocenters. The Labute approximate surface area is 700 Å². The van der Waals surface area contributed by atoms with E-state index >= 15 is 0 Å². The lowest BCUT2D eigenvalue weighted by molar-refractivity contribution is 1.19. The number of fused-ring (bicyclic) bond motifs is 26. The number of hydrogen-bond donors (Lipinski definition) is 3. The van der Waals surface area contributed by atoms with E-state index in [1.165, 1.54) is 246 Å². The van der Waals surface area contributed by atoms with Crippen LogP contribution in [0.2, 0.25) is 0 Å². The Morgan fingerprint density at radius 3 is 0.902 bits per heavy atom. The first kappa shape index (κ1) is 68.9. The number of nitrogens with one attached hydrogen (secondary N) is 3. The molecule has 0 spiro atoms. The average Bonchev–Trinajstić information content (AvgIpc) is 1.57. The van der Waals surface area contributed by atoms with Gasteiger partial charge in [-0.2, -0.15) is 0 Å². The molecule has 6 heteroatoms. The summed E-state index contributed by atoms with van der Waals surface area (Å²) < 4.78 is 7.29. The Bertz CT molecular complexity index is 8970. The highest BCUT2D eigenvalue weighted by Crippen LogP contribution is 2.48. The highest BCUT2D eigenvalue weighted by molar-refractivity contribution is 6.26. The van der Waals surface area contributed by atoms with Crippen LogP contribution >= 0.6 is 0 Å². The quantitative estimate of drug-likeness (QED) is 0.142. The second-order valence-electron chi connectivity index (χ2n) is 32.4. The van der Waals surface area contributed by atoms with Crippen molar-refractivity contribution in [1.82, 2.24) is 28.7 Å². The summed E-state index contributed by atoms with van der Waals surface area (Å²) in [7, 11) is 0. The van der Waals surface area contributed by atoms with Crippen molar-refractivity contribution in [3.8, 4) is 61.6 Å². The number of H-pyrrole nitrogens is 3. The van der Waals surface area contributed by atoms with Crippen LogP contribution < -0.4 is 0 Å². The summed E-state index contributed by atoms with van der Waals surface area (Å²) in [5.41, 5.74) is 27.9. The van der Waals surface area contributed by atoms with Crippen molar-refractivity contribution in [3.05, 3.63) is 431 Å². The number of nitrogens with zero attached hydrogens (tertiary/aromatic N) is 3. The van der Waals surface area contributed by atoms with Crippen LogP contribution in [0.25, 0.3) is 246 Å². The smallest absolute Gasteiger partial charge is 0.0619 e. The van der Waals surface area contributed by atoms with Crippen LogP contribution in [0.3, 0.4) is 0 Å². The maximum Gasteiger partial charge on any atom is 0.0619 e. The minimum absolute atomic E-state index is 1.17. The molecule has 122 heavy (non-hydrogen) atoms. The molecule has 27 aromatic rings. The second kappa shape index (κ2) is 27.7. The highest BCUT2D eigenvalue weighted by Gasteiger charge is 2.24. The molecular formula is C116H74N6. The van der Waals surface area contributed by atoms with E-state index < -0.39 is 0 Å². The molecule has 6 aromatic heterocycles. The fraction of sp³-hybridized carbons (Fsp3) is 0. The molecular weight excluding hydrogens is 1480 g/mol. The van der Waals surface area contributed by atoms with Crippen molar-refractivity contribution in [2.24, 2.45) is 0 Å². The molecule has 21 aromatic carbocycles. The van der Waals surface area contributed by atoms with Gasteiger partial charge in [-0.3, -0.25) is 0 Å². The predicted molar refractivity (Wildman–Crippen MR) is 520 cm³/mol. The number of benzene rings is 21. The molecule has 27 rings (SSSR count). The first-order valence-corrected chi connectivity index (χ1v) is 42.0. The van der Waals surface area contributed by atoms with E-state index in [2.05, 4.69) is 459 Å². The lowest BCUT2D eigenvalue weighted by Crippen LogP contribution is -1.95. The maximum absolute atomic E-state index is 3.64. The average molecular weight is 1550 g/mol. The van der Waals surface area contributed by atoms with Crippen molar-refractivity contribution < 1.29 is 0 Å². The molecule has 0 bridgehead atoms. The van der Waals surface area contributed by atoms with E-state index in [4.69, 9.17) is 0 Å². The van der Waals surface area contributed by atoms with Gasteiger partial charge in [0.05, 0.1) is 33.1 Å². The normalized spacial score (nSPS) is 11.9. The topological polar surface area (TPSA) is 62.2 Å². The fourth-order valence-corrected chi connectivity index (χ4v) is 20.1. The van der Waals surface area contributed by atoms with Crippen molar-refractivity contribution in [3.63, 3.8) is 0 Å². The molecule has 568 valence electrons. The Morgan fingerprint density at radius 2 is 0.434 bits per heavy atom. The van der Waals surface area contributed by atoms with Gasteiger partial charge in [-0.1, -0.05) is 303 Å². The summed E-state index contributed by atoms with van der Waals surface area (Å²) >= 11 is 0. The first-order valence-electron chi connectivity index (χ1n) is 42.0. The number of aromatic amines is 3. The zero-order chi connectivity index (χ0) is 80.0. The van der Waals surface area contributed by atoms with E-state index in [1.54, 1.807) is 0 Å². The van der Waals surface area contributed by atoms with Crippen LogP contribution in [0, 0.1) is 0 Å². The zero-order valence-electron chi connectivity index (χ0n) is 66.3. The van der Waals surface area contributed by atoms with Gasteiger partial charge >= 0.3 is 0 Å². The molecule has 0 aliphatic carbocycles. The second-order valence-corrected chi connectivity index (χ2v) is 32.4. The monoisotopic (exact) mass is 1550 g/mol. The summed E-state index contributed by atoms with van der Waals surface area (Å²) in [6.45, 7) is 0. The van der Waals surface area contributed by atoms with Gasteiger partial charge in [-0.15, -0.1) is 0 Å².